The third-order valence-corrected chi connectivity index (χ3v) is 3.59. The number of hydrogen-bond acceptors (Lipinski definition) is 1. The van der Waals surface area contributed by atoms with Crippen molar-refractivity contribution in [1.82, 2.24) is 0 Å². The lowest BCUT2D eigenvalue weighted by molar-refractivity contribution is 0.281. The molecule has 110 valence electrons. The van der Waals surface area contributed by atoms with Crippen LogP contribution in [0.15, 0.2) is 0 Å². The van der Waals surface area contributed by atoms with Crippen molar-refractivity contribution in [2.24, 2.45) is 17.1 Å². The Labute approximate surface area is 116 Å². The fourth-order valence-electron chi connectivity index (χ4n) is 2.95. The van der Waals surface area contributed by atoms with E-state index in [9.17, 15) is 0 Å². The molecule has 0 aliphatic carbocycles. The summed E-state index contributed by atoms with van der Waals surface area (Å²) >= 11 is 0. The van der Waals surface area contributed by atoms with E-state index in [-0.39, 0.29) is 0 Å². The molecule has 18 heavy (non-hydrogen) atoms. The van der Waals surface area contributed by atoms with Gasteiger partial charge in [0.1, 0.15) is 0 Å². The summed E-state index contributed by atoms with van der Waals surface area (Å²) in [5, 5.41) is 0. The van der Waals surface area contributed by atoms with E-state index in [1.165, 1.54) is 57.8 Å². The summed E-state index contributed by atoms with van der Waals surface area (Å²) in [4.78, 5) is 0. The van der Waals surface area contributed by atoms with E-state index in [0.717, 1.165) is 5.92 Å². The van der Waals surface area contributed by atoms with E-state index in [2.05, 4.69) is 34.6 Å². The average Bonchev–Trinajstić information content (AvgIpc) is 2.20. The third-order valence-electron chi connectivity index (χ3n) is 3.59. The van der Waals surface area contributed by atoms with Gasteiger partial charge in [-0.1, -0.05) is 73.1 Å². The summed E-state index contributed by atoms with van der Waals surface area (Å²) in [6.07, 6.45) is 12.0. The Bertz CT molecular complexity index is 181. The summed E-state index contributed by atoms with van der Waals surface area (Å²) in [5.41, 5.74) is 6.68. The molecule has 2 atom stereocenters. The van der Waals surface area contributed by atoms with Gasteiger partial charge in [-0.3, -0.25) is 0 Å². The van der Waals surface area contributed by atoms with Crippen LogP contribution in [-0.2, 0) is 0 Å². The lowest BCUT2D eigenvalue weighted by Crippen LogP contribution is -2.24. The van der Waals surface area contributed by atoms with Gasteiger partial charge in [0, 0.05) is 6.04 Å². The highest BCUT2D eigenvalue weighted by Gasteiger charge is 2.17. The Hall–Kier alpha value is -0.0400. The van der Waals surface area contributed by atoms with Gasteiger partial charge in [-0.05, 0) is 30.6 Å². The van der Waals surface area contributed by atoms with E-state index >= 15 is 0 Å². The maximum absolute atomic E-state index is 6.23. The summed E-state index contributed by atoms with van der Waals surface area (Å²) in [7, 11) is 0. The van der Waals surface area contributed by atoms with Crippen LogP contribution in [0.2, 0.25) is 0 Å². The number of unbranched alkanes of at least 4 members (excludes halogenated alkanes) is 5. The first-order valence-electron chi connectivity index (χ1n) is 8.10. The van der Waals surface area contributed by atoms with Gasteiger partial charge in [-0.25, -0.2) is 0 Å². The van der Waals surface area contributed by atoms with Crippen molar-refractivity contribution in [1.29, 1.82) is 0 Å². The minimum absolute atomic E-state index is 0.425. The second-order valence-corrected chi connectivity index (χ2v) is 7.42. The van der Waals surface area contributed by atoms with Gasteiger partial charge < -0.3 is 5.73 Å². The zero-order valence-electron chi connectivity index (χ0n) is 13.6. The zero-order chi connectivity index (χ0) is 14.0. The van der Waals surface area contributed by atoms with Crippen molar-refractivity contribution < 1.29 is 0 Å². The minimum Gasteiger partial charge on any atom is -0.328 e. The second kappa shape index (κ2) is 9.83. The van der Waals surface area contributed by atoms with Crippen molar-refractivity contribution >= 4 is 0 Å². The summed E-state index contributed by atoms with van der Waals surface area (Å²) in [6, 6.07) is 0.425. The molecule has 0 aromatic heterocycles. The van der Waals surface area contributed by atoms with Crippen LogP contribution in [0.1, 0.15) is 92.4 Å². The Morgan fingerprint density at radius 3 is 2.06 bits per heavy atom. The average molecular weight is 255 g/mol. The number of nitrogens with two attached hydrogens (primary N) is 1. The fourth-order valence-corrected chi connectivity index (χ4v) is 2.95. The van der Waals surface area contributed by atoms with Crippen LogP contribution in [0.5, 0.6) is 0 Å². The standard InChI is InChI=1S/C17H37N/c1-6-7-8-9-10-11-12-16(18)13-15(2)14-17(3,4)5/h15-16H,6-14,18H2,1-5H3. The van der Waals surface area contributed by atoms with Gasteiger partial charge in [0.2, 0.25) is 0 Å². The molecule has 0 fully saturated rings. The maximum Gasteiger partial charge on any atom is 0.00413 e. The van der Waals surface area contributed by atoms with Crippen LogP contribution in [0.3, 0.4) is 0 Å². The molecule has 0 aliphatic rings. The molecular weight excluding hydrogens is 218 g/mol. The van der Waals surface area contributed by atoms with Crippen LogP contribution < -0.4 is 5.73 Å². The Morgan fingerprint density at radius 2 is 1.50 bits per heavy atom. The normalized spacial score (nSPS) is 15.7. The molecule has 2 N–H and O–H groups in total. The molecule has 0 amide bonds. The smallest absolute Gasteiger partial charge is 0.00413 e. The molecule has 0 bridgehead atoms. The Balaban J connectivity index is 3.50. The van der Waals surface area contributed by atoms with Crippen LogP contribution >= 0.6 is 0 Å². The lowest BCUT2D eigenvalue weighted by Gasteiger charge is -2.25. The van der Waals surface area contributed by atoms with Crippen LogP contribution in [0, 0.1) is 11.3 Å². The monoisotopic (exact) mass is 255 g/mol. The Kier molecular flexibility index (Phi) is 9.81. The first kappa shape index (κ1) is 18.0. The summed E-state index contributed by atoms with van der Waals surface area (Å²) < 4.78 is 0. The largest absolute Gasteiger partial charge is 0.328 e. The van der Waals surface area contributed by atoms with E-state index < -0.39 is 0 Å². The van der Waals surface area contributed by atoms with Gasteiger partial charge >= 0.3 is 0 Å². The third kappa shape index (κ3) is 12.4. The van der Waals surface area contributed by atoms with Crippen LogP contribution in [-0.4, -0.2) is 6.04 Å². The van der Waals surface area contributed by atoms with Crippen LogP contribution in [0.4, 0.5) is 0 Å². The molecule has 0 aromatic carbocycles. The zero-order valence-corrected chi connectivity index (χ0v) is 13.6. The lowest BCUT2D eigenvalue weighted by atomic mass is 9.82. The molecule has 0 saturated heterocycles. The van der Waals surface area contributed by atoms with Crippen molar-refractivity contribution in [3.63, 3.8) is 0 Å². The number of rotatable bonds is 10. The fraction of sp³-hybridized carbons (Fsp3) is 1.00. The van der Waals surface area contributed by atoms with Crippen molar-refractivity contribution in [3.05, 3.63) is 0 Å². The highest BCUT2D eigenvalue weighted by atomic mass is 14.6. The van der Waals surface area contributed by atoms with Crippen LogP contribution in [0.25, 0.3) is 0 Å². The molecule has 0 aliphatic heterocycles. The van der Waals surface area contributed by atoms with Gasteiger partial charge in [0.05, 0.1) is 0 Å². The predicted molar refractivity (Wildman–Crippen MR) is 83.8 cm³/mol. The molecule has 0 spiro atoms. The molecule has 0 saturated carbocycles. The Morgan fingerprint density at radius 1 is 0.944 bits per heavy atom. The molecule has 0 heterocycles. The van der Waals surface area contributed by atoms with Crippen molar-refractivity contribution in [2.45, 2.75) is 98.4 Å². The summed E-state index contributed by atoms with van der Waals surface area (Å²) in [6.45, 7) is 11.6. The van der Waals surface area contributed by atoms with E-state index in [0.29, 0.717) is 11.5 Å². The maximum atomic E-state index is 6.23. The highest BCUT2D eigenvalue weighted by Crippen LogP contribution is 2.27. The topological polar surface area (TPSA) is 26.0 Å². The molecule has 2 unspecified atom stereocenters. The highest BCUT2D eigenvalue weighted by molar-refractivity contribution is 4.71. The molecule has 0 aromatic rings. The summed E-state index contributed by atoms with van der Waals surface area (Å²) in [5.74, 6) is 0.764. The van der Waals surface area contributed by atoms with Gasteiger partial charge in [-0.2, -0.15) is 0 Å². The molecule has 0 radical (unpaired) electrons. The molecular formula is C17H37N. The van der Waals surface area contributed by atoms with E-state index in [4.69, 9.17) is 5.73 Å². The quantitative estimate of drug-likeness (QED) is 0.511. The molecule has 1 nitrogen and oxygen atoms in total. The van der Waals surface area contributed by atoms with Crippen molar-refractivity contribution in [2.75, 3.05) is 0 Å². The minimum atomic E-state index is 0.425. The van der Waals surface area contributed by atoms with E-state index in [1.807, 2.05) is 0 Å². The van der Waals surface area contributed by atoms with Crippen molar-refractivity contribution in [3.8, 4) is 0 Å². The number of hydrogen-bond donors (Lipinski definition) is 1. The first-order chi connectivity index (χ1) is 8.35. The predicted octanol–water partition coefficient (Wildman–Crippen LogP) is 5.53. The van der Waals surface area contributed by atoms with Gasteiger partial charge in [0.15, 0.2) is 0 Å². The van der Waals surface area contributed by atoms with E-state index in [1.54, 1.807) is 0 Å². The molecule has 0 rings (SSSR count). The SMILES string of the molecule is CCCCCCCCC(N)CC(C)CC(C)(C)C. The van der Waals surface area contributed by atoms with Gasteiger partial charge in [-0.15, -0.1) is 0 Å². The molecule has 1 heteroatoms. The first-order valence-corrected chi connectivity index (χ1v) is 8.10. The second-order valence-electron chi connectivity index (χ2n) is 7.42. The van der Waals surface area contributed by atoms with Gasteiger partial charge in [0.25, 0.3) is 0 Å².